The third-order valence-corrected chi connectivity index (χ3v) is 5.72. The Balaban J connectivity index is 1.44. The van der Waals surface area contributed by atoms with Gasteiger partial charge in [0, 0.05) is 12.1 Å². The van der Waals surface area contributed by atoms with Crippen LogP contribution in [0.25, 0.3) is 5.52 Å². The van der Waals surface area contributed by atoms with Crippen LogP contribution in [0.5, 0.6) is 0 Å². The number of hydrogen-bond donors (Lipinski definition) is 2. The number of amides is 1. The molecule has 3 fully saturated rings. The van der Waals surface area contributed by atoms with E-state index in [0.717, 1.165) is 37.3 Å². The molecule has 1 saturated heterocycles. The maximum Gasteiger partial charge on any atom is 0.224 e. The number of nitrogens with zero attached hydrogens (tertiary/aromatic N) is 2. The lowest BCUT2D eigenvalue weighted by Gasteiger charge is -2.17. The van der Waals surface area contributed by atoms with Gasteiger partial charge in [0.1, 0.15) is 5.82 Å². The van der Waals surface area contributed by atoms with Crippen molar-refractivity contribution in [3.05, 3.63) is 35.9 Å². The van der Waals surface area contributed by atoms with Crippen LogP contribution in [0.1, 0.15) is 24.2 Å². The Morgan fingerprint density at radius 2 is 2.18 bits per heavy atom. The van der Waals surface area contributed by atoms with E-state index in [1.807, 2.05) is 18.5 Å². The van der Waals surface area contributed by atoms with E-state index >= 15 is 0 Å². The largest absolute Gasteiger partial charge is 0.343 e. The number of piperidine rings is 1. The normalized spacial score (nSPS) is 31.0. The van der Waals surface area contributed by atoms with Gasteiger partial charge in [-0.3, -0.25) is 4.79 Å². The Hall–Kier alpha value is -1.88. The fourth-order valence-electron chi connectivity index (χ4n) is 4.17. The number of aromatic nitrogens is 2. The van der Waals surface area contributed by atoms with Crippen LogP contribution >= 0.6 is 0 Å². The Morgan fingerprint density at radius 1 is 1.41 bits per heavy atom. The molecule has 5 heteroatoms. The highest BCUT2D eigenvalue weighted by Gasteiger charge is 2.59. The molecule has 2 aromatic heterocycles. The van der Waals surface area contributed by atoms with E-state index in [2.05, 4.69) is 33.0 Å². The topological polar surface area (TPSA) is 58.4 Å². The van der Waals surface area contributed by atoms with Gasteiger partial charge in [0.05, 0.1) is 17.3 Å². The van der Waals surface area contributed by atoms with Gasteiger partial charge in [-0.1, -0.05) is 6.07 Å². The lowest BCUT2D eigenvalue weighted by Crippen LogP contribution is -2.39. The molecular formula is C17H20N4O. The summed E-state index contributed by atoms with van der Waals surface area (Å²) in [5.74, 6) is 2.58. The SMILES string of the molecule is Cc1cccn2c(C3(NC(=O)C4C5CNC[C@@H]54)CC3)ncc12. The van der Waals surface area contributed by atoms with Gasteiger partial charge < -0.3 is 15.0 Å². The highest BCUT2D eigenvalue weighted by molar-refractivity contribution is 5.83. The van der Waals surface area contributed by atoms with E-state index in [9.17, 15) is 4.79 Å². The van der Waals surface area contributed by atoms with Gasteiger partial charge in [0.15, 0.2) is 0 Å². The number of rotatable bonds is 3. The number of aryl methyl sites for hydroxylation is 1. The Bertz CT molecular complexity index is 766. The highest BCUT2D eigenvalue weighted by atomic mass is 16.2. The maximum absolute atomic E-state index is 12.6. The molecule has 2 unspecified atom stereocenters. The molecule has 1 amide bonds. The van der Waals surface area contributed by atoms with Crippen molar-refractivity contribution >= 4 is 11.4 Å². The minimum Gasteiger partial charge on any atom is -0.343 e. The van der Waals surface area contributed by atoms with E-state index in [1.165, 1.54) is 5.56 Å². The zero-order valence-corrected chi connectivity index (χ0v) is 12.7. The van der Waals surface area contributed by atoms with E-state index in [1.54, 1.807) is 0 Å². The third kappa shape index (κ3) is 1.63. The average molecular weight is 296 g/mol. The number of pyridine rings is 1. The van der Waals surface area contributed by atoms with Crippen LogP contribution in [0, 0.1) is 24.7 Å². The molecule has 3 aliphatic rings. The molecule has 5 nitrogen and oxygen atoms in total. The van der Waals surface area contributed by atoms with Crippen molar-refractivity contribution in [2.24, 2.45) is 17.8 Å². The van der Waals surface area contributed by atoms with Crippen molar-refractivity contribution in [2.45, 2.75) is 25.3 Å². The van der Waals surface area contributed by atoms with Crippen LogP contribution < -0.4 is 10.6 Å². The van der Waals surface area contributed by atoms with E-state index in [-0.39, 0.29) is 17.4 Å². The van der Waals surface area contributed by atoms with Gasteiger partial charge in [-0.05, 0) is 56.3 Å². The number of carbonyl (C=O) groups is 1. The summed E-state index contributed by atoms with van der Waals surface area (Å²) in [6.45, 7) is 4.10. The summed E-state index contributed by atoms with van der Waals surface area (Å²) in [5, 5.41) is 6.67. The zero-order valence-electron chi connectivity index (χ0n) is 12.7. The van der Waals surface area contributed by atoms with Crippen LogP contribution in [0.4, 0.5) is 0 Å². The van der Waals surface area contributed by atoms with E-state index < -0.39 is 0 Å². The van der Waals surface area contributed by atoms with Crippen LogP contribution in [-0.4, -0.2) is 28.4 Å². The summed E-state index contributed by atoms with van der Waals surface area (Å²) < 4.78 is 2.14. The van der Waals surface area contributed by atoms with Crippen molar-refractivity contribution in [3.8, 4) is 0 Å². The first-order valence-corrected chi connectivity index (χ1v) is 8.15. The molecule has 5 rings (SSSR count). The molecule has 0 spiro atoms. The third-order valence-electron chi connectivity index (χ3n) is 5.72. The standard InChI is InChI=1S/C17H20N4O/c1-10-3-2-6-21-13(10)9-19-16(21)17(4-5-17)20-15(22)14-11-7-18-8-12(11)14/h2-3,6,9,11-12,14,18H,4-5,7-8H2,1H3,(H,20,22)/t11-,12?,14?/m0/s1. The predicted octanol–water partition coefficient (Wildman–Crippen LogP) is 1.21. The Kier molecular flexibility index (Phi) is 2.36. The first-order chi connectivity index (χ1) is 10.7. The van der Waals surface area contributed by atoms with Crippen molar-refractivity contribution in [1.82, 2.24) is 20.0 Å². The number of hydrogen-bond acceptors (Lipinski definition) is 3. The van der Waals surface area contributed by atoms with Gasteiger partial charge in [-0.15, -0.1) is 0 Å². The molecule has 0 radical (unpaired) electrons. The van der Waals surface area contributed by atoms with Crippen LogP contribution in [0.3, 0.4) is 0 Å². The van der Waals surface area contributed by atoms with Gasteiger partial charge >= 0.3 is 0 Å². The summed E-state index contributed by atoms with van der Waals surface area (Å²) in [6.07, 6.45) is 5.96. The minimum atomic E-state index is -0.235. The first kappa shape index (κ1) is 12.6. The summed E-state index contributed by atoms with van der Waals surface area (Å²) in [4.78, 5) is 17.2. The number of fused-ring (bicyclic) bond motifs is 2. The first-order valence-electron chi connectivity index (χ1n) is 8.15. The van der Waals surface area contributed by atoms with E-state index in [4.69, 9.17) is 0 Å². The van der Waals surface area contributed by atoms with Crippen LogP contribution in [-0.2, 0) is 10.3 Å². The summed E-state index contributed by atoms with van der Waals surface area (Å²) >= 11 is 0. The molecule has 114 valence electrons. The average Bonchev–Trinajstić information content (AvgIpc) is 3.30. The van der Waals surface area contributed by atoms with E-state index in [0.29, 0.717) is 11.8 Å². The second-order valence-electron chi connectivity index (χ2n) is 7.11. The summed E-state index contributed by atoms with van der Waals surface area (Å²) in [6, 6.07) is 4.14. The molecule has 2 saturated carbocycles. The monoisotopic (exact) mass is 296 g/mol. The van der Waals surface area contributed by atoms with Gasteiger partial charge in [0.2, 0.25) is 5.91 Å². The number of nitrogens with one attached hydrogen (secondary N) is 2. The van der Waals surface area contributed by atoms with Crippen molar-refractivity contribution in [2.75, 3.05) is 13.1 Å². The fourth-order valence-corrected chi connectivity index (χ4v) is 4.17. The second-order valence-corrected chi connectivity index (χ2v) is 7.11. The Morgan fingerprint density at radius 3 is 2.91 bits per heavy atom. The molecule has 22 heavy (non-hydrogen) atoms. The van der Waals surface area contributed by atoms with Crippen molar-refractivity contribution in [1.29, 1.82) is 0 Å². The summed E-state index contributed by atoms with van der Waals surface area (Å²) in [5.41, 5.74) is 2.11. The molecule has 2 N–H and O–H groups in total. The molecular weight excluding hydrogens is 276 g/mol. The van der Waals surface area contributed by atoms with Crippen LogP contribution in [0.2, 0.25) is 0 Å². The van der Waals surface area contributed by atoms with Gasteiger partial charge in [-0.2, -0.15) is 0 Å². The van der Waals surface area contributed by atoms with Crippen molar-refractivity contribution < 1.29 is 4.79 Å². The predicted molar refractivity (Wildman–Crippen MR) is 82.3 cm³/mol. The second kappa shape index (κ2) is 4.10. The van der Waals surface area contributed by atoms with Crippen molar-refractivity contribution in [3.63, 3.8) is 0 Å². The summed E-state index contributed by atoms with van der Waals surface area (Å²) in [7, 11) is 0. The molecule has 0 bridgehead atoms. The smallest absolute Gasteiger partial charge is 0.224 e. The lowest BCUT2D eigenvalue weighted by molar-refractivity contribution is -0.124. The molecule has 2 aromatic rings. The highest BCUT2D eigenvalue weighted by Crippen LogP contribution is 2.51. The van der Waals surface area contributed by atoms with Crippen LogP contribution in [0.15, 0.2) is 24.5 Å². The molecule has 2 aliphatic carbocycles. The number of carbonyl (C=O) groups excluding carboxylic acids is 1. The van der Waals surface area contributed by atoms with Gasteiger partial charge in [0.25, 0.3) is 0 Å². The Labute approximate surface area is 129 Å². The molecule has 3 atom stereocenters. The maximum atomic E-state index is 12.6. The number of imidazole rings is 1. The molecule has 0 aromatic carbocycles. The lowest BCUT2D eigenvalue weighted by atomic mass is 10.2. The fraction of sp³-hybridized carbons (Fsp3) is 0.529. The quantitative estimate of drug-likeness (QED) is 0.895. The zero-order chi connectivity index (χ0) is 14.9. The minimum absolute atomic E-state index is 0.228. The molecule has 1 aliphatic heterocycles. The molecule has 3 heterocycles. The van der Waals surface area contributed by atoms with Gasteiger partial charge in [-0.25, -0.2) is 4.98 Å².